The number of hydrogen-bond acceptors (Lipinski definition) is 7. The van der Waals surface area contributed by atoms with Crippen molar-refractivity contribution < 1.29 is 44.1 Å². The maximum absolute atomic E-state index is 13.6. The highest BCUT2D eigenvalue weighted by Crippen LogP contribution is 2.58. The molecule has 0 unspecified atom stereocenters. The zero-order valence-corrected chi connectivity index (χ0v) is 21.2. The molecule has 4 amide bonds. The Kier molecular flexibility index (Phi) is 7.00. The molecule has 0 bridgehead atoms. The largest absolute Gasteiger partial charge is 0.508 e. The van der Waals surface area contributed by atoms with Gasteiger partial charge in [-0.3, -0.25) is 38.6 Å². The zero-order chi connectivity index (χ0) is 28.0. The Balaban J connectivity index is 1.49. The number of phenolic OH excluding ortho intramolecular Hbond substituents is 1. The van der Waals surface area contributed by atoms with Gasteiger partial charge in [0.25, 0.3) is 0 Å². The van der Waals surface area contributed by atoms with Crippen LogP contribution in [0.25, 0.3) is 0 Å². The summed E-state index contributed by atoms with van der Waals surface area (Å²) >= 11 is 0. The SMILES string of the molecule is O=C(O)CCCN1C(=O)[C@H]2[C@H](CC=C3[C@H]2C[C@H]2C(=O)N(CCCC(=O)O)C(=O)[C@H]2[C@H]3c2cccc(O)c2)C1=O. The van der Waals surface area contributed by atoms with Crippen molar-refractivity contribution in [2.45, 2.75) is 44.4 Å². The van der Waals surface area contributed by atoms with E-state index in [1.54, 1.807) is 18.2 Å². The molecule has 0 aromatic heterocycles. The van der Waals surface area contributed by atoms with Gasteiger partial charge in [-0.2, -0.15) is 0 Å². The molecule has 0 radical (unpaired) electrons. The third-order valence-electron chi connectivity index (χ3n) is 8.61. The molecule has 6 atom stereocenters. The number of carboxylic acids is 2. The number of benzene rings is 1. The van der Waals surface area contributed by atoms with E-state index in [1.165, 1.54) is 6.07 Å². The maximum Gasteiger partial charge on any atom is 0.303 e. The summed E-state index contributed by atoms with van der Waals surface area (Å²) in [5.41, 5.74) is 1.42. The lowest BCUT2D eigenvalue weighted by atomic mass is 9.57. The highest BCUT2D eigenvalue weighted by molar-refractivity contribution is 6.08. The van der Waals surface area contributed by atoms with Crippen molar-refractivity contribution in [1.29, 1.82) is 0 Å². The maximum atomic E-state index is 13.6. The predicted molar refractivity (Wildman–Crippen MR) is 133 cm³/mol. The summed E-state index contributed by atoms with van der Waals surface area (Å²) in [5.74, 6) is -7.48. The number of allylic oxidation sites excluding steroid dienone is 2. The van der Waals surface area contributed by atoms with Crippen molar-refractivity contribution in [2.75, 3.05) is 13.1 Å². The van der Waals surface area contributed by atoms with Crippen molar-refractivity contribution in [3.8, 4) is 5.75 Å². The van der Waals surface area contributed by atoms with Crippen LogP contribution in [0.2, 0.25) is 0 Å². The Morgan fingerprint density at radius 1 is 0.795 bits per heavy atom. The number of nitrogens with zero attached hydrogens (tertiary/aromatic N) is 2. The Hall–Kier alpha value is -4.02. The standard InChI is InChI=1S/C28H30N2O9/c31-15-5-1-4-14(12-15)22-16-8-9-17-23(27(38)29(25(17)36)10-2-6-20(32)33)18(16)13-19-24(22)28(39)30(26(19)37)11-3-7-21(34)35/h1,4-5,8,12,17-19,22-24,31H,2-3,6-7,9-11,13H2,(H,32,33)(H,34,35)/t17-,18+,19+,22-,23-,24+/m0/s1. The summed E-state index contributed by atoms with van der Waals surface area (Å²) in [6.45, 7) is -0.00982. The minimum Gasteiger partial charge on any atom is -0.508 e. The van der Waals surface area contributed by atoms with Crippen LogP contribution in [0.15, 0.2) is 35.9 Å². The molecule has 39 heavy (non-hydrogen) atoms. The molecule has 11 heteroatoms. The van der Waals surface area contributed by atoms with Crippen molar-refractivity contribution in [1.82, 2.24) is 9.80 Å². The number of aliphatic carboxylic acids is 2. The number of hydrogen-bond donors (Lipinski definition) is 3. The normalized spacial score (nSPS) is 29.7. The molecule has 1 saturated carbocycles. The van der Waals surface area contributed by atoms with E-state index in [0.717, 1.165) is 15.4 Å². The van der Waals surface area contributed by atoms with E-state index in [0.29, 0.717) is 5.56 Å². The summed E-state index contributed by atoms with van der Waals surface area (Å²) in [5, 5.41) is 28.2. The van der Waals surface area contributed by atoms with Crippen LogP contribution in [0.3, 0.4) is 0 Å². The van der Waals surface area contributed by atoms with Crippen LogP contribution in [0.1, 0.15) is 50.0 Å². The van der Waals surface area contributed by atoms with E-state index < -0.39 is 59.3 Å². The molecule has 2 aliphatic heterocycles. The van der Waals surface area contributed by atoms with Gasteiger partial charge in [-0.25, -0.2) is 0 Å². The van der Waals surface area contributed by atoms with E-state index in [4.69, 9.17) is 10.2 Å². The van der Waals surface area contributed by atoms with Gasteiger partial charge in [-0.15, -0.1) is 0 Å². The van der Waals surface area contributed by atoms with Crippen molar-refractivity contribution in [3.05, 3.63) is 41.5 Å². The second-order valence-corrected chi connectivity index (χ2v) is 10.8. The molecule has 0 spiro atoms. The van der Waals surface area contributed by atoms with Crippen LogP contribution in [0.5, 0.6) is 5.75 Å². The second kappa shape index (κ2) is 10.3. The third-order valence-corrected chi connectivity index (χ3v) is 8.61. The average Bonchev–Trinajstić information content (AvgIpc) is 3.27. The quantitative estimate of drug-likeness (QED) is 0.313. The highest BCUT2D eigenvalue weighted by atomic mass is 16.4. The number of carbonyl (C=O) groups excluding carboxylic acids is 4. The molecule has 4 aliphatic rings. The lowest BCUT2D eigenvalue weighted by Crippen LogP contribution is -2.43. The Bertz CT molecular complexity index is 1290. The monoisotopic (exact) mass is 538 g/mol. The van der Waals surface area contributed by atoms with Gasteiger partial charge in [0.05, 0.1) is 23.7 Å². The molecule has 11 nitrogen and oxygen atoms in total. The molecule has 5 rings (SSSR count). The van der Waals surface area contributed by atoms with Gasteiger partial charge in [0.2, 0.25) is 23.6 Å². The van der Waals surface area contributed by atoms with E-state index >= 15 is 0 Å². The molecule has 2 saturated heterocycles. The Morgan fingerprint density at radius 2 is 1.38 bits per heavy atom. The van der Waals surface area contributed by atoms with Gasteiger partial charge in [0, 0.05) is 31.8 Å². The first-order chi connectivity index (χ1) is 18.6. The summed E-state index contributed by atoms with van der Waals surface area (Å²) in [6.07, 6.45) is 2.30. The van der Waals surface area contributed by atoms with Crippen LogP contribution >= 0.6 is 0 Å². The topological polar surface area (TPSA) is 170 Å². The third kappa shape index (κ3) is 4.59. The van der Waals surface area contributed by atoms with Crippen LogP contribution in [-0.4, -0.2) is 73.8 Å². The summed E-state index contributed by atoms with van der Waals surface area (Å²) in [6, 6.07) is 6.46. The lowest BCUT2D eigenvalue weighted by molar-refractivity contribution is -0.143. The fourth-order valence-electron chi connectivity index (χ4n) is 7.03. The number of aromatic hydroxyl groups is 1. The van der Waals surface area contributed by atoms with Gasteiger partial charge in [0.1, 0.15) is 5.75 Å². The van der Waals surface area contributed by atoms with Gasteiger partial charge in [-0.05, 0) is 49.3 Å². The fourth-order valence-corrected chi connectivity index (χ4v) is 7.03. The van der Waals surface area contributed by atoms with Crippen molar-refractivity contribution in [2.24, 2.45) is 29.6 Å². The average molecular weight is 539 g/mol. The van der Waals surface area contributed by atoms with Crippen molar-refractivity contribution >= 4 is 35.6 Å². The zero-order valence-electron chi connectivity index (χ0n) is 21.2. The number of carboxylic acid groups (broad SMARTS) is 2. The van der Waals surface area contributed by atoms with E-state index in [9.17, 15) is 33.9 Å². The predicted octanol–water partition coefficient (Wildman–Crippen LogP) is 1.76. The van der Waals surface area contributed by atoms with E-state index in [2.05, 4.69) is 0 Å². The number of carbonyl (C=O) groups is 6. The number of rotatable bonds is 9. The highest BCUT2D eigenvalue weighted by Gasteiger charge is 2.61. The van der Waals surface area contributed by atoms with Gasteiger partial charge < -0.3 is 15.3 Å². The smallest absolute Gasteiger partial charge is 0.303 e. The number of fused-ring (bicyclic) bond motifs is 4. The van der Waals surface area contributed by atoms with Crippen molar-refractivity contribution in [3.63, 3.8) is 0 Å². The molecule has 1 aromatic carbocycles. The first kappa shape index (κ1) is 26.6. The van der Waals surface area contributed by atoms with E-state index in [-0.39, 0.29) is 69.2 Å². The molecule has 206 valence electrons. The summed E-state index contributed by atoms with van der Waals surface area (Å²) < 4.78 is 0. The Morgan fingerprint density at radius 3 is 1.97 bits per heavy atom. The van der Waals surface area contributed by atoms with E-state index in [1.807, 2.05) is 6.08 Å². The minimum absolute atomic E-state index is 0.00716. The molecule has 3 fully saturated rings. The van der Waals surface area contributed by atoms with Crippen LogP contribution in [-0.2, 0) is 28.8 Å². The number of phenols is 1. The van der Waals surface area contributed by atoms with Gasteiger partial charge >= 0.3 is 11.9 Å². The number of amides is 4. The Labute approximate surface area is 224 Å². The molecule has 2 heterocycles. The fraction of sp³-hybridized carbons (Fsp3) is 0.500. The molecule has 3 N–H and O–H groups in total. The first-order valence-electron chi connectivity index (χ1n) is 13.2. The summed E-state index contributed by atoms with van der Waals surface area (Å²) in [4.78, 5) is 78.1. The minimum atomic E-state index is -1.02. The number of likely N-dealkylation sites (tertiary alicyclic amines) is 2. The molecular formula is C28H30N2O9. The van der Waals surface area contributed by atoms with Crippen LogP contribution < -0.4 is 0 Å². The molecule has 2 aliphatic carbocycles. The number of imide groups is 2. The van der Waals surface area contributed by atoms with Crippen LogP contribution in [0, 0.1) is 29.6 Å². The first-order valence-corrected chi connectivity index (χ1v) is 13.2. The van der Waals surface area contributed by atoms with Gasteiger partial charge in [-0.1, -0.05) is 23.8 Å². The molecule has 1 aromatic rings. The lowest BCUT2D eigenvalue weighted by Gasteiger charge is -2.44. The van der Waals surface area contributed by atoms with Crippen LogP contribution in [0.4, 0.5) is 0 Å². The van der Waals surface area contributed by atoms with Gasteiger partial charge in [0.15, 0.2) is 0 Å². The molecular weight excluding hydrogens is 508 g/mol. The second-order valence-electron chi connectivity index (χ2n) is 10.8. The summed E-state index contributed by atoms with van der Waals surface area (Å²) in [7, 11) is 0.